The lowest BCUT2D eigenvalue weighted by Gasteiger charge is -2.37. The van der Waals surface area contributed by atoms with E-state index in [1.807, 2.05) is 22.9 Å². The number of benzene rings is 1. The number of piperidine rings is 1. The van der Waals surface area contributed by atoms with Crippen LogP contribution >= 0.6 is 0 Å². The smallest absolute Gasteiger partial charge is 0.220 e. The van der Waals surface area contributed by atoms with Gasteiger partial charge in [-0.1, -0.05) is 37.5 Å². The summed E-state index contributed by atoms with van der Waals surface area (Å²) in [5.41, 5.74) is 6.60. The second-order valence-corrected chi connectivity index (χ2v) is 8.13. The first-order chi connectivity index (χ1) is 14.2. The molecule has 4 rings (SSSR count). The number of carbonyl (C=O) groups excluding carboxylic acids is 1. The Labute approximate surface area is 171 Å². The molecule has 29 heavy (non-hydrogen) atoms. The normalized spacial score (nSPS) is 20.4. The fourth-order valence-electron chi connectivity index (χ4n) is 4.80. The number of nitrogens with two attached hydrogens (primary N) is 1. The van der Waals surface area contributed by atoms with Crippen LogP contribution in [0, 0.1) is 5.92 Å². The summed E-state index contributed by atoms with van der Waals surface area (Å²) in [4.78, 5) is 14.0. The number of hydrogen-bond donors (Lipinski definition) is 1. The summed E-state index contributed by atoms with van der Waals surface area (Å²) in [6.07, 6.45) is 7.45. The third kappa shape index (κ3) is 4.12. The minimum Gasteiger partial charge on any atom is -0.496 e. The molecule has 1 aliphatic carbocycles. The molecule has 0 bridgehead atoms. The summed E-state index contributed by atoms with van der Waals surface area (Å²) in [6, 6.07) is 8.29. The summed E-state index contributed by atoms with van der Waals surface area (Å²) >= 11 is 0. The molecule has 156 valence electrons. The Morgan fingerprint density at radius 2 is 1.86 bits per heavy atom. The highest BCUT2D eigenvalue weighted by Crippen LogP contribution is 2.38. The van der Waals surface area contributed by atoms with E-state index in [4.69, 9.17) is 10.5 Å². The Morgan fingerprint density at radius 1 is 1.14 bits per heavy atom. The minimum absolute atomic E-state index is 0.0566. The van der Waals surface area contributed by atoms with Gasteiger partial charge in [-0.15, -0.1) is 5.10 Å². The van der Waals surface area contributed by atoms with Gasteiger partial charge in [0.25, 0.3) is 0 Å². The molecule has 1 aromatic carbocycles. The van der Waals surface area contributed by atoms with Crippen LogP contribution in [0.1, 0.15) is 68.4 Å². The Morgan fingerprint density at radius 3 is 2.55 bits per heavy atom. The monoisotopic (exact) mass is 398 g/mol. The molecule has 0 radical (unpaired) electrons. The maximum Gasteiger partial charge on any atom is 0.220 e. The molecule has 2 aromatic rings. The van der Waals surface area contributed by atoms with Gasteiger partial charge in [0.05, 0.1) is 13.2 Å². The number of aromatic nitrogens is 4. The van der Waals surface area contributed by atoms with Crippen molar-refractivity contribution in [1.82, 2.24) is 25.1 Å². The van der Waals surface area contributed by atoms with Crippen LogP contribution in [0.3, 0.4) is 0 Å². The van der Waals surface area contributed by atoms with E-state index in [2.05, 4.69) is 26.5 Å². The van der Waals surface area contributed by atoms with E-state index in [9.17, 15) is 4.79 Å². The summed E-state index contributed by atoms with van der Waals surface area (Å²) in [7, 11) is 1.69. The van der Waals surface area contributed by atoms with Crippen molar-refractivity contribution < 1.29 is 9.53 Å². The fraction of sp³-hybridized carbons (Fsp3) is 0.619. The summed E-state index contributed by atoms with van der Waals surface area (Å²) in [6.45, 7) is 1.54. The number of tetrazole rings is 1. The Kier molecular flexibility index (Phi) is 6.08. The number of likely N-dealkylation sites (tertiary alicyclic amines) is 1. The maximum atomic E-state index is 11.6. The number of methoxy groups -OCH3 is 1. The predicted molar refractivity (Wildman–Crippen MR) is 108 cm³/mol. The van der Waals surface area contributed by atoms with Crippen LogP contribution in [-0.2, 0) is 4.79 Å². The predicted octanol–water partition coefficient (Wildman–Crippen LogP) is 2.47. The quantitative estimate of drug-likeness (QED) is 0.802. The molecular formula is C21H30N6O2. The van der Waals surface area contributed by atoms with Gasteiger partial charge in [-0.2, -0.15) is 0 Å². The zero-order valence-corrected chi connectivity index (χ0v) is 17.0. The van der Waals surface area contributed by atoms with Crippen molar-refractivity contribution in [2.45, 2.75) is 57.0 Å². The van der Waals surface area contributed by atoms with E-state index in [0.29, 0.717) is 6.04 Å². The summed E-state index contributed by atoms with van der Waals surface area (Å²) < 4.78 is 7.72. The Hall–Kier alpha value is -2.48. The van der Waals surface area contributed by atoms with E-state index in [0.717, 1.165) is 55.9 Å². The van der Waals surface area contributed by atoms with Crippen LogP contribution in [0.2, 0.25) is 0 Å². The van der Waals surface area contributed by atoms with Crippen molar-refractivity contribution in [3.8, 4) is 5.75 Å². The van der Waals surface area contributed by atoms with Gasteiger partial charge < -0.3 is 10.5 Å². The first kappa shape index (κ1) is 19.8. The minimum atomic E-state index is -0.203. The molecule has 1 aliphatic heterocycles. The molecule has 1 amide bonds. The number of para-hydroxylation sites is 1. The van der Waals surface area contributed by atoms with Crippen LogP contribution in [0.4, 0.5) is 0 Å². The second kappa shape index (κ2) is 8.90. The Bertz CT molecular complexity index is 824. The molecule has 8 nitrogen and oxygen atoms in total. The first-order valence-corrected chi connectivity index (χ1v) is 10.6. The van der Waals surface area contributed by atoms with Crippen molar-refractivity contribution >= 4 is 5.91 Å². The molecule has 8 heteroatoms. The molecule has 1 aromatic heterocycles. The molecular weight excluding hydrogens is 368 g/mol. The first-order valence-electron chi connectivity index (χ1n) is 10.6. The van der Waals surface area contributed by atoms with E-state index < -0.39 is 0 Å². The Balaban J connectivity index is 1.70. The van der Waals surface area contributed by atoms with E-state index in [1.165, 1.54) is 19.3 Å². The van der Waals surface area contributed by atoms with Crippen molar-refractivity contribution in [2.24, 2.45) is 11.7 Å². The summed E-state index contributed by atoms with van der Waals surface area (Å²) in [5, 5.41) is 12.9. The number of amides is 1. The largest absolute Gasteiger partial charge is 0.496 e. The van der Waals surface area contributed by atoms with Crippen LogP contribution in [0.25, 0.3) is 0 Å². The van der Waals surface area contributed by atoms with E-state index in [-0.39, 0.29) is 17.9 Å². The molecule has 1 atom stereocenters. The van der Waals surface area contributed by atoms with Crippen molar-refractivity contribution in [3.63, 3.8) is 0 Å². The molecule has 1 saturated carbocycles. The van der Waals surface area contributed by atoms with Gasteiger partial charge in [-0.05, 0) is 55.3 Å². The lowest BCUT2D eigenvalue weighted by atomic mass is 9.92. The zero-order chi connectivity index (χ0) is 20.2. The standard InChI is InChI=1S/C21H30N6O2/c1-29-18-10-6-5-9-17(18)19(26-13-11-15(12-14-26)20(22)28)21-23-24-25-27(21)16-7-3-2-4-8-16/h5-6,9-10,15-16,19H,2-4,7-8,11-14H2,1H3,(H2,22,28)/t19-/m1/s1. The van der Waals surface area contributed by atoms with Gasteiger partial charge in [-0.25, -0.2) is 4.68 Å². The van der Waals surface area contributed by atoms with E-state index >= 15 is 0 Å². The number of rotatable bonds is 6. The second-order valence-electron chi connectivity index (χ2n) is 8.13. The molecule has 0 unspecified atom stereocenters. The number of ether oxygens (including phenoxy) is 1. The van der Waals surface area contributed by atoms with Crippen LogP contribution in [0.15, 0.2) is 24.3 Å². The third-order valence-electron chi connectivity index (χ3n) is 6.41. The number of hydrogen-bond acceptors (Lipinski definition) is 6. The highest BCUT2D eigenvalue weighted by atomic mass is 16.5. The average molecular weight is 399 g/mol. The molecule has 0 spiro atoms. The van der Waals surface area contributed by atoms with Gasteiger partial charge in [0.1, 0.15) is 11.8 Å². The van der Waals surface area contributed by atoms with Gasteiger partial charge in [-0.3, -0.25) is 9.69 Å². The molecule has 2 fully saturated rings. The van der Waals surface area contributed by atoms with Crippen LogP contribution in [0.5, 0.6) is 5.75 Å². The van der Waals surface area contributed by atoms with Crippen LogP contribution < -0.4 is 10.5 Å². The number of nitrogens with zero attached hydrogens (tertiary/aromatic N) is 5. The number of primary amides is 1. The molecule has 2 N–H and O–H groups in total. The van der Waals surface area contributed by atoms with E-state index in [1.54, 1.807) is 7.11 Å². The summed E-state index contributed by atoms with van der Waals surface area (Å²) in [5.74, 6) is 1.43. The van der Waals surface area contributed by atoms with Gasteiger partial charge in [0, 0.05) is 11.5 Å². The third-order valence-corrected chi connectivity index (χ3v) is 6.41. The maximum absolute atomic E-state index is 11.6. The lowest BCUT2D eigenvalue weighted by molar-refractivity contribution is -0.123. The molecule has 2 aliphatic rings. The topological polar surface area (TPSA) is 99.2 Å². The van der Waals surface area contributed by atoms with Gasteiger partial charge in [0.2, 0.25) is 5.91 Å². The SMILES string of the molecule is COc1ccccc1[C@H](c1nnnn1C1CCCCC1)N1CCC(C(N)=O)CC1. The highest BCUT2D eigenvalue weighted by Gasteiger charge is 2.35. The average Bonchev–Trinajstić information content (AvgIpc) is 3.25. The van der Waals surface area contributed by atoms with Gasteiger partial charge in [0.15, 0.2) is 5.82 Å². The fourth-order valence-corrected chi connectivity index (χ4v) is 4.80. The molecule has 2 heterocycles. The van der Waals surface area contributed by atoms with Crippen LogP contribution in [-0.4, -0.2) is 51.2 Å². The van der Waals surface area contributed by atoms with Gasteiger partial charge >= 0.3 is 0 Å². The zero-order valence-electron chi connectivity index (χ0n) is 17.0. The lowest BCUT2D eigenvalue weighted by Crippen LogP contribution is -2.42. The van der Waals surface area contributed by atoms with Crippen molar-refractivity contribution in [3.05, 3.63) is 35.7 Å². The van der Waals surface area contributed by atoms with Crippen molar-refractivity contribution in [2.75, 3.05) is 20.2 Å². The number of carbonyl (C=O) groups is 1. The molecule has 1 saturated heterocycles. The highest BCUT2D eigenvalue weighted by molar-refractivity contribution is 5.76. The van der Waals surface area contributed by atoms with Crippen molar-refractivity contribution in [1.29, 1.82) is 0 Å².